The van der Waals surface area contributed by atoms with Gasteiger partial charge in [-0.05, 0) is 17.7 Å². The Kier molecular flexibility index (Phi) is 6.47. The summed E-state index contributed by atoms with van der Waals surface area (Å²) in [5.74, 6) is 0. The summed E-state index contributed by atoms with van der Waals surface area (Å²) in [6, 6.07) is 17.5. The van der Waals surface area contributed by atoms with Gasteiger partial charge in [0.15, 0.2) is 0 Å². The van der Waals surface area contributed by atoms with E-state index in [9.17, 15) is 18.6 Å². The maximum Gasteiger partial charge on any atom is 0.294 e. The second kappa shape index (κ2) is 8.36. The van der Waals surface area contributed by atoms with Crippen LogP contribution in [-0.2, 0) is 16.7 Å². The largest absolute Gasteiger partial charge is 0.389 e. The van der Waals surface area contributed by atoms with Gasteiger partial charge in [-0.2, -0.15) is 8.42 Å². The minimum Gasteiger partial charge on any atom is -0.389 e. The molecule has 130 valence electrons. The molecule has 0 saturated carbocycles. The van der Waals surface area contributed by atoms with Crippen LogP contribution in [0.2, 0.25) is 0 Å². The molecule has 0 radical (unpaired) electrons. The summed E-state index contributed by atoms with van der Waals surface area (Å²) in [5.41, 5.74) is 1.22. The van der Waals surface area contributed by atoms with E-state index in [1.165, 1.54) is 17.7 Å². The predicted octanol–water partition coefficient (Wildman–Crippen LogP) is 1.16. The highest BCUT2D eigenvalue weighted by atomic mass is 32.2. The molecule has 0 aromatic heterocycles. The van der Waals surface area contributed by atoms with Crippen LogP contribution in [0.15, 0.2) is 65.6 Å². The minimum absolute atomic E-state index is 0.0741. The molecule has 3 rings (SSSR count). The quantitative estimate of drug-likeness (QED) is 0.718. The third-order valence-corrected chi connectivity index (χ3v) is 4.49. The lowest BCUT2D eigenvalue weighted by Crippen LogP contribution is -2.22. The molecule has 2 aromatic carbocycles. The number of likely N-dealkylation sites (tertiary alicyclic amines) is 1. The first-order chi connectivity index (χ1) is 11.4. The van der Waals surface area contributed by atoms with Crippen molar-refractivity contribution in [3.63, 3.8) is 0 Å². The van der Waals surface area contributed by atoms with Gasteiger partial charge in [0, 0.05) is 19.6 Å². The molecule has 24 heavy (non-hydrogen) atoms. The third-order valence-electron chi connectivity index (χ3n) is 3.62. The molecular weight excluding hydrogens is 330 g/mol. The van der Waals surface area contributed by atoms with Crippen molar-refractivity contribution in [2.45, 2.75) is 23.6 Å². The summed E-state index contributed by atoms with van der Waals surface area (Å²) in [4.78, 5) is 1.99. The maximum absolute atomic E-state index is 10.4. The first kappa shape index (κ1) is 18.6. The summed E-state index contributed by atoms with van der Waals surface area (Å²) in [7, 11) is -4.00. The monoisotopic (exact) mass is 351 g/mol. The number of hydrogen-bond donors (Lipinski definition) is 3. The van der Waals surface area contributed by atoms with Crippen LogP contribution in [0.4, 0.5) is 0 Å². The average molecular weight is 351 g/mol. The summed E-state index contributed by atoms with van der Waals surface area (Å²) >= 11 is 0. The van der Waals surface area contributed by atoms with Crippen LogP contribution >= 0.6 is 0 Å². The van der Waals surface area contributed by atoms with Gasteiger partial charge in [-0.3, -0.25) is 9.45 Å². The minimum atomic E-state index is -4.00. The molecule has 0 unspecified atom stereocenters. The number of aliphatic hydroxyl groups is 2. The van der Waals surface area contributed by atoms with Crippen molar-refractivity contribution >= 4 is 10.1 Å². The first-order valence-electron chi connectivity index (χ1n) is 7.51. The van der Waals surface area contributed by atoms with Crippen molar-refractivity contribution < 1.29 is 23.2 Å². The van der Waals surface area contributed by atoms with E-state index in [0.29, 0.717) is 13.1 Å². The lowest BCUT2D eigenvalue weighted by atomic mass is 10.2. The molecule has 1 saturated heterocycles. The van der Waals surface area contributed by atoms with Crippen LogP contribution in [0.3, 0.4) is 0 Å². The molecule has 0 amide bonds. The molecule has 7 heteroatoms. The zero-order valence-electron chi connectivity index (χ0n) is 13.1. The number of hydrogen-bond acceptors (Lipinski definition) is 5. The van der Waals surface area contributed by atoms with Crippen LogP contribution in [0.25, 0.3) is 0 Å². The Morgan fingerprint density at radius 2 is 1.33 bits per heavy atom. The molecule has 2 aromatic rings. The summed E-state index contributed by atoms with van der Waals surface area (Å²) in [6.45, 7) is 1.93. The Morgan fingerprint density at radius 1 is 0.875 bits per heavy atom. The average Bonchev–Trinajstić information content (AvgIpc) is 2.87. The molecule has 1 heterocycles. The summed E-state index contributed by atoms with van der Waals surface area (Å²) in [6.07, 6.45) is -1.17. The van der Waals surface area contributed by atoms with Gasteiger partial charge in [0.05, 0.1) is 17.1 Å². The van der Waals surface area contributed by atoms with Gasteiger partial charge < -0.3 is 10.2 Å². The first-order valence-corrected chi connectivity index (χ1v) is 8.95. The fourth-order valence-electron chi connectivity index (χ4n) is 2.41. The number of aliphatic hydroxyl groups excluding tert-OH is 2. The number of β-amino-alcohol motifs (C(OH)–C–C–N with tert-alkyl or cyclic N) is 2. The third kappa shape index (κ3) is 5.70. The van der Waals surface area contributed by atoms with E-state index in [1.54, 1.807) is 18.2 Å². The van der Waals surface area contributed by atoms with Gasteiger partial charge in [-0.1, -0.05) is 48.5 Å². The van der Waals surface area contributed by atoms with Crippen molar-refractivity contribution in [1.82, 2.24) is 4.90 Å². The van der Waals surface area contributed by atoms with Crippen molar-refractivity contribution in [3.8, 4) is 0 Å². The van der Waals surface area contributed by atoms with E-state index in [4.69, 9.17) is 4.55 Å². The van der Waals surface area contributed by atoms with Crippen molar-refractivity contribution in [1.29, 1.82) is 0 Å². The van der Waals surface area contributed by atoms with E-state index in [0.717, 1.165) is 6.54 Å². The lowest BCUT2D eigenvalue weighted by molar-refractivity contribution is 0.0572. The Bertz CT molecular complexity index is 711. The van der Waals surface area contributed by atoms with Crippen molar-refractivity contribution in [2.24, 2.45) is 0 Å². The van der Waals surface area contributed by atoms with Crippen LogP contribution in [-0.4, -0.2) is 53.4 Å². The Balaban J connectivity index is 0.000000185. The van der Waals surface area contributed by atoms with Gasteiger partial charge in [-0.25, -0.2) is 0 Å². The molecule has 0 aliphatic carbocycles. The SMILES string of the molecule is O=S(=O)(O)c1ccccc1.O[C@@H]1CN(Cc2ccccc2)C[C@H]1O. The van der Waals surface area contributed by atoms with E-state index < -0.39 is 22.3 Å². The smallest absolute Gasteiger partial charge is 0.294 e. The molecular formula is C17H21NO5S. The summed E-state index contributed by atoms with van der Waals surface area (Å²) < 4.78 is 29.2. The molecule has 1 fully saturated rings. The summed E-state index contributed by atoms with van der Waals surface area (Å²) in [5, 5.41) is 18.7. The Labute approximate surface area is 141 Å². The second-order valence-corrected chi connectivity index (χ2v) is 7.02. The molecule has 0 spiro atoms. The molecule has 2 atom stereocenters. The Morgan fingerprint density at radius 3 is 1.75 bits per heavy atom. The van der Waals surface area contributed by atoms with Gasteiger partial charge in [0.1, 0.15) is 0 Å². The van der Waals surface area contributed by atoms with E-state index in [-0.39, 0.29) is 4.90 Å². The highest BCUT2D eigenvalue weighted by Crippen LogP contribution is 2.13. The fraction of sp³-hybridized carbons (Fsp3) is 0.294. The van der Waals surface area contributed by atoms with Crippen LogP contribution < -0.4 is 0 Å². The zero-order valence-corrected chi connectivity index (χ0v) is 13.9. The van der Waals surface area contributed by atoms with E-state index in [1.807, 2.05) is 18.2 Å². The predicted molar refractivity (Wildman–Crippen MR) is 90.0 cm³/mol. The molecule has 0 bridgehead atoms. The number of nitrogens with zero attached hydrogens (tertiary/aromatic N) is 1. The number of rotatable bonds is 3. The highest BCUT2D eigenvalue weighted by molar-refractivity contribution is 7.85. The van der Waals surface area contributed by atoms with Crippen molar-refractivity contribution in [3.05, 3.63) is 66.2 Å². The standard InChI is InChI=1S/C11H15NO2.C6H6O3S/c13-10-7-12(8-11(10)14)6-9-4-2-1-3-5-9;7-10(8,9)6-4-2-1-3-5-6/h1-5,10-11,13-14H,6-8H2;1-5H,(H,7,8,9)/t10-,11-;/m1./s1. The zero-order chi connectivity index (χ0) is 17.6. The Hall–Kier alpha value is -1.77. The van der Waals surface area contributed by atoms with Crippen LogP contribution in [0, 0.1) is 0 Å². The van der Waals surface area contributed by atoms with E-state index >= 15 is 0 Å². The number of benzene rings is 2. The second-order valence-electron chi connectivity index (χ2n) is 5.60. The molecule has 1 aliphatic rings. The van der Waals surface area contributed by atoms with Gasteiger partial charge in [0.2, 0.25) is 0 Å². The highest BCUT2D eigenvalue weighted by Gasteiger charge is 2.29. The normalized spacial score (nSPS) is 21.1. The van der Waals surface area contributed by atoms with Gasteiger partial charge >= 0.3 is 0 Å². The van der Waals surface area contributed by atoms with Crippen LogP contribution in [0.1, 0.15) is 5.56 Å². The van der Waals surface area contributed by atoms with Gasteiger partial charge in [0.25, 0.3) is 10.1 Å². The lowest BCUT2D eigenvalue weighted by Gasteiger charge is -2.14. The van der Waals surface area contributed by atoms with Gasteiger partial charge in [-0.15, -0.1) is 0 Å². The van der Waals surface area contributed by atoms with E-state index in [2.05, 4.69) is 17.0 Å². The fourth-order valence-corrected chi connectivity index (χ4v) is 2.91. The maximum atomic E-state index is 10.4. The molecule has 6 nitrogen and oxygen atoms in total. The van der Waals surface area contributed by atoms with Crippen LogP contribution in [0.5, 0.6) is 0 Å². The topological polar surface area (TPSA) is 98.1 Å². The van der Waals surface area contributed by atoms with Crippen molar-refractivity contribution in [2.75, 3.05) is 13.1 Å². The molecule has 1 aliphatic heterocycles. The molecule has 3 N–H and O–H groups in total.